The summed E-state index contributed by atoms with van der Waals surface area (Å²) in [6, 6.07) is 19.2. The molecule has 7 heteroatoms. The van der Waals surface area contributed by atoms with Crippen LogP contribution < -0.4 is 4.90 Å². The van der Waals surface area contributed by atoms with Gasteiger partial charge < -0.3 is 5.11 Å². The van der Waals surface area contributed by atoms with Gasteiger partial charge in [-0.05, 0) is 48.2 Å². The number of Topliss-reactive ketones (excluding diaryl/α,β-unsaturated/α-hetero) is 1. The average Bonchev–Trinajstić information content (AvgIpc) is 3.09. The highest BCUT2D eigenvalue weighted by Crippen LogP contribution is 2.42. The zero-order chi connectivity index (χ0) is 24.6. The third-order valence-electron chi connectivity index (χ3n) is 5.99. The lowest BCUT2D eigenvalue weighted by Gasteiger charge is -2.26. The van der Waals surface area contributed by atoms with Crippen LogP contribution in [-0.4, -0.2) is 21.7 Å². The Morgan fingerprint density at radius 1 is 1.00 bits per heavy atom. The van der Waals surface area contributed by atoms with Gasteiger partial charge in [0.2, 0.25) is 0 Å². The molecule has 3 aromatic rings. The summed E-state index contributed by atoms with van der Waals surface area (Å²) in [5.74, 6) is -1.62. The molecular weight excluding hydrogens is 432 g/mol. The molecule has 0 aromatic heterocycles. The van der Waals surface area contributed by atoms with Crippen molar-refractivity contribution >= 4 is 28.8 Å². The lowest BCUT2D eigenvalue weighted by molar-refractivity contribution is -0.384. The van der Waals surface area contributed by atoms with Crippen LogP contribution in [0.1, 0.15) is 48.1 Å². The summed E-state index contributed by atoms with van der Waals surface area (Å²) in [5.41, 5.74) is 3.27. The molecule has 7 nitrogen and oxygen atoms in total. The fourth-order valence-electron chi connectivity index (χ4n) is 4.17. The van der Waals surface area contributed by atoms with Crippen LogP contribution in [-0.2, 0) is 9.59 Å². The first-order valence-electron chi connectivity index (χ1n) is 10.9. The molecule has 4 rings (SSSR count). The van der Waals surface area contributed by atoms with Crippen molar-refractivity contribution in [2.24, 2.45) is 0 Å². The quantitative estimate of drug-likeness (QED) is 0.176. The van der Waals surface area contributed by atoms with Crippen LogP contribution >= 0.6 is 0 Å². The predicted octanol–water partition coefficient (Wildman–Crippen LogP) is 5.65. The Balaban J connectivity index is 1.89. The minimum absolute atomic E-state index is 0.0580. The van der Waals surface area contributed by atoms with Crippen molar-refractivity contribution in [1.82, 2.24) is 0 Å². The second kappa shape index (κ2) is 8.94. The molecule has 34 heavy (non-hydrogen) atoms. The van der Waals surface area contributed by atoms with Gasteiger partial charge in [0.15, 0.2) is 0 Å². The van der Waals surface area contributed by atoms with Crippen LogP contribution in [0, 0.1) is 17.0 Å². The fraction of sp³-hybridized carbons (Fsp3) is 0.185. The summed E-state index contributed by atoms with van der Waals surface area (Å²) in [4.78, 5) is 38.3. The summed E-state index contributed by atoms with van der Waals surface area (Å²) in [6.45, 7) is 6.04. The number of amides is 1. The van der Waals surface area contributed by atoms with E-state index in [4.69, 9.17) is 0 Å². The lowest BCUT2D eigenvalue weighted by atomic mass is 9.94. The van der Waals surface area contributed by atoms with Gasteiger partial charge in [-0.2, -0.15) is 0 Å². The maximum absolute atomic E-state index is 13.2. The number of rotatable bonds is 5. The van der Waals surface area contributed by atoms with Gasteiger partial charge >= 0.3 is 0 Å². The van der Waals surface area contributed by atoms with E-state index in [9.17, 15) is 24.8 Å². The van der Waals surface area contributed by atoms with E-state index in [1.165, 1.54) is 29.2 Å². The molecule has 1 saturated heterocycles. The first-order valence-corrected chi connectivity index (χ1v) is 10.9. The van der Waals surface area contributed by atoms with Crippen molar-refractivity contribution in [2.75, 3.05) is 4.90 Å². The number of anilines is 1. The molecular formula is C27H24N2O5. The standard InChI is InChI=1S/C27H24N2O5/c1-16(2)18-7-11-21(12-8-18)28-24(20-6-4-5-17(3)15-20)23(26(31)27(28)32)25(30)19-9-13-22(14-10-19)29(33)34/h4-16,24,30H,1-3H3/b25-23-. The zero-order valence-electron chi connectivity index (χ0n) is 19.1. The van der Waals surface area contributed by atoms with Crippen molar-refractivity contribution in [3.63, 3.8) is 0 Å². The van der Waals surface area contributed by atoms with Gasteiger partial charge in [-0.3, -0.25) is 24.6 Å². The van der Waals surface area contributed by atoms with E-state index in [-0.39, 0.29) is 22.6 Å². The van der Waals surface area contributed by atoms with E-state index in [2.05, 4.69) is 13.8 Å². The van der Waals surface area contributed by atoms with Crippen molar-refractivity contribution < 1.29 is 19.6 Å². The molecule has 0 bridgehead atoms. The lowest BCUT2D eigenvalue weighted by Crippen LogP contribution is -2.29. The van der Waals surface area contributed by atoms with Crippen LogP contribution in [0.4, 0.5) is 11.4 Å². The third-order valence-corrected chi connectivity index (χ3v) is 5.99. The number of nitrogens with zero attached hydrogens (tertiary/aromatic N) is 2. The Morgan fingerprint density at radius 3 is 2.21 bits per heavy atom. The van der Waals surface area contributed by atoms with Crippen molar-refractivity contribution in [1.29, 1.82) is 0 Å². The summed E-state index contributed by atoms with van der Waals surface area (Å²) in [5, 5.41) is 22.1. The van der Waals surface area contributed by atoms with E-state index in [0.29, 0.717) is 17.2 Å². The molecule has 0 aliphatic carbocycles. The molecule has 0 saturated carbocycles. The molecule has 1 N–H and O–H groups in total. The number of aliphatic hydroxyl groups is 1. The van der Waals surface area contributed by atoms with Crippen LogP contribution in [0.15, 0.2) is 78.4 Å². The number of hydrogen-bond donors (Lipinski definition) is 1. The maximum atomic E-state index is 13.2. The highest BCUT2D eigenvalue weighted by Gasteiger charge is 2.47. The number of nitro groups is 1. The van der Waals surface area contributed by atoms with Crippen molar-refractivity contribution in [3.8, 4) is 0 Å². The minimum Gasteiger partial charge on any atom is -0.507 e. The third kappa shape index (κ3) is 4.08. The number of ketones is 1. The molecule has 1 unspecified atom stereocenters. The zero-order valence-corrected chi connectivity index (χ0v) is 19.1. The van der Waals surface area contributed by atoms with Gasteiger partial charge in [0.25, 0.3) is 17.4 Å². The SMILES string of the molecule is Cc1cccc(C2/C(=C(/O)c3ccc([N+](=O)[O-])cc3)C(=O)C(=O)N2c2ccc(C(C)C)cc2)c1. The van der Waals surface area contributed by atoms with E-state index >= 15 is 0 Å². The maximum Gasteiger partial charge on any atom is 0.300 e. The minimum atomic E-state index is -0.847. The van der Waals surface area contributed by atoms with E-state index in [1.807, 2.05) is 43.3 Å². The van der Waals surface area contributed by atoms with Crippen molar-refractivity contribution in [3.05, 3.63) is 111 Å². The van der Waals surface area contributed by atoms with Crippen molar-refractivity contribution in [2.45, 2.75) is 32.7 Å². The van der Waals surface area contributed by atoms with Crippen LogP contribution in [0.5, 0.6) is 0 Å². The molecule has 1 fully saturated rings. The average molecular weight is 456 g/mol. The number of aliphatic hydroxyl groups excluding tert-OH is 1. The Hall–Kier alpha value is -4.26. The molecule has 1 aliphatic heterocycles. The van der Waals surface area contributed by atoms with Crippen LogP contribution in [0.25, 0.3) is 5.76 Å². The van der Waals surface area contributed by atoms with E-state index in [0.717, 1.165) is 11.1 Å². The van der Waals surface area contributed by atoms with Gasteiger partial charge in [0, 0.05) is 23.4 Å². The van der Waals surface area contributed by atoms with Gasteiger partial charge in [-0.15, -0.1) is 0 Å². The topological polar surface area (TPSA) is 101 Å². The number of carbonyl (C=O) groups is 2. The summed E-state index contributed by atoms with van der Waals surface area (Å²) < 4.78 is 0. The molecule has 0 radical (unpaired) electrons. The molecule has 1 aliphatic rings. The van der Waals surface area contributed by atoms with Gasteiger partial charge in [-0.25, -0.2) is 0 Å². The monoisotopic (exact) mass is 456 g/mol. The summed E-state index contributed by atoms with van der Waals surface area (Å²) >= 11 is 0. The molecule has 172 valence electrons. The number of non-ortho nitro benzene ring substituents is 1. The van der Waals surface area contributed by atoms with Crippen LogP contribution in [0.3, 0.4) is 0 Å². The smallest absolute Gasteiger partial charge is 0.300 e. The number of carbonyl (C=O) groups excluding carboxylic acids is 2. The fourth-order valence-corrected chi connectivity index (χ4v) is 4.17. The first kappa shape index (κ1) is 22.9. The number of aryl methyl sites for hydroxylation is 1. The highest BCUT2D eigenvalue weighted by molar-refractivity contribution is 6.51. The second-order valence-electron chi connectivity index (χ2n) is 8.63. The van der Waals surface area contributed by atoms with Crippen LogP contribution in [0.2, 0.25) is 0 Å². The molecule has 0 spiro atoms. The Morgan fingerprint density at radius 2 is 1.65 bits per heavy atom. The Bertz CT molecular complexity index is 1310. The Kier molecular flexibility index (Phi) is 6.03. The molecule has 1 heterocycles. The second-order valence-corrected chi connectivity index (χ2v) is 8.63. The number of benzene rings is 3. The summed E-state index contributed by atoms with van der Waals surface area (Å²) in [7, 11) is 0. The predicted molar refractivity (Wildman–Crippen MR) is 130 cm³/mol. The van der Waals surface area contributed by atoms with E-state index < -0.39 is 22.7 Å². The molecule has 3 aromatic carbocycles. The molecule has 1 atom stereocenters. The first-order chi connectivity index (χ1) is 16.2. The normalized spacial score (nSPS) is 17.4. The number of nitro benzene ring substituents is 1. The van der Waals surface area contributed by atoms with Gasteiger partial charge in [0.1, 0.15) is 5.76 Å². The largest absolute Gasteiger partial charge is 0.507 e. The van der Waals surface area contributed by atoms with Gasteiger partial charge in [0.05, 0.1) is 16.5 Å². The number of hydrogen-bond acceptors (Lipinski definition) is 5. The Labute approximate surface area is 197 Å². The van der Waals surface area contributed by atoms with Gasteiger partial charge in [-0.1, -0.05) is 55.8 Å². The van der Waals surface area contributed by atoms with E-state index in [1.54, 1.807) is 12.1 Å². The molecule has 1 amide bonds. The summed E-state index contributed by atoms with van der Waals surface area (Å²) in [6.07, 6.45) is 0. The highest BCUT2D eigenvalue weighted by atomic mass is 16.6.